The van der Waals surface area contributed by atoms with Crippen LogP contribution in [0, 0.1) is 0 Å². The van der Waals surface area contributed by atoms with Gasteiger partial charge in [-0.1, -0.05) is 6.92 Å². The van der Waals surface area contributed by atoms with Crippen LogP contribution in [-0.2, 0) is 10.0 Å². The van der Waals surface area contributed by atoms with E-state index in [1.165, 1.54) is 4.31 Å². The number of likely N-dealkylation sites (N-methyl/N-ethyl adjacent to an activating group) is 1. The lowest BCUT2D eigenvalue weighted by Crippen LogP contribution is -2.48. The molecule has 3 rings (SSSR count). The van der Waals surface area contributed by atoms with Crippen LogP contribution in [0.4, 0.5) is 0 Å². The van der Waals surface area contributed by atoms with E-state index in [1.807, 2.05) is 4.90 Å². The normalized spacial score (nSPS) is 20.5. The van der Waals surface area contributed by atoms with Crippen molar-refractivity contribution in [3.05, 3.63) is 29.8 Å². The fraction of sp³-hybridized carbons (Fsp3) is 0.588. The molecule has 2 fully saturated rings. The summed E-state index contributed by atoms with van der Waals surface area (Å²) in [7, 11) is -3.41. The summed E-state index contributed by atoms with van der Waals surface area (Å²) >= 11 is 0. The first-order valence-electron chi connectivity index (χ1n) is 8.64. The molecular formula is C17H25N3O3S. The molecule has 2 heterocycles. The number of hydrogen-bond donors (Lipinski definition) is 0. The first-order chi connectivity index (χ1) is 11.5. The van der Waals surface area contributed by atoms with Crippen molar-refractivity contribution in [2.45, 2.75) is 24.7 Å². The smallest absolute Gasteiger partial charge is 0.253 e. The molecule has 132 valence electrons. The lowest BCUT2D eigenvalue weighted by atomic mass is 10.2. The van der Waals surface area contributed by atoms with Crippen LogP contribution < -0.4 is 0 Å². The van der Waals surface area contributed by atoms with E-state index in [1.54, 1.807) is 24.3 Å². The van der Waals surface area contributed by atoms with Crippen molar-refractivity contribution in [3.8, 4) is 0 Å². The van der Waals surface area contributed by atoms with Crippen molar-refractivity contribution in [3.63, 3.8) is 0 Å². The minimum absolute atomic E-state index is 0.0177. The average Bonchev–Trinajstić information content (AvgIpc) is 3.17. The van der Waals surface area contributed by atoms with Crippen LogP contribution in [0.3, 0.4) is 0 Å². The molecule has 0 unspecified atom stereocenters. The van der Waals surface area contributed by atoms with Crippen LogP contribution >= 0.6 is 0 Å². The molecule has 0 N–H and O–H groups in total. The zero-order valence-corrected chi connectivity index (χ0v) is 15.0. The Morgan fingerprint density at radius 2 is 1.54 bits per heavy atom. The Kier molecular flexibility index (Phi) is 5.22. The van der Waals surface area contributed by atoms with E-state index in [0.717, 1.165) is 45.6 Å². The maximum absolute atomic E-state index is 12.6. The van der Waals surface area contributed by atoms with Crippen LogP contribution in [0.2, 0.25) is 0 Å². The van der Waals surface area contributed by atoms with Crippen LogP contribution in [0.15, 0.2) is 29.2 Å². The van der Waals surface area contributed by atoms with Crippen LogP contribution in [0.5, 0.6) is 0 Å². The number of piperazine rings is 1. The highest BCUT2D eigenvalue weighted by Crippen LogP contribution is 2.21. The molecule has 0 bridgehead atoms. The molecule has 6 nitrogen and oxygen atoms in total. The second-order valence-electron chi connectivity index (χ2n) is 6.36. The Bertz CT molecular complexity index is 674. The minimum atomic E-state index is -3.41. The van der Waals surface area contributed by atoms with Gasteiger partial charge in [0, 0.05) is 44.8 Å². The van der Waals surface area contributed by atoms with E-state index >= 15 is 0 Å². The molecule has 1 amide bonds. The SMILES string of the molecule is CCN1CCN(C(=O)c2ccc(S(=O)(=O)N3CCCC3)cc2)CC1. The molecule has 2 saturated heterocycles. The Morgan fingerprint density at radius 1 is 0.958 bits per heavy atom. The van der Waals surface area contributed by atoms with Gasteiger partial charge in [-0.3, -0.25) is 4.79 Å². The topological polar surface area (TPSA) is 60.9 Å². The van der Waals surface area contributed by atoms with E-state index in [-0.39, 0.29) is 10.8 Å². The summed E-state index contributed by atoms with van der Waals surface area (Å²) in [5, 5.41) is 0. The molecule has 0 radical (unpaired) electrons. The summed E-state index contributed by atoms with van der Waals surface area (Å²) in [6.07, 6.45) is 1.83. The number of nitrogens with zero attached hydrogens (tertiary/aromatic N) is 3. The summed E-state index contributed by atoms with van der Waals surface area (Å²) in [5.41, 5.74) is 0.556. The molecule has 2 aliphatic heterocycles. The molecule has 24 heavy (non-hydrogen) atoms. The molecule has 1 aromatic carbocycles. The maximum Gasteiger partial charge on any atom is 0.253 e. The van der Waals surface area contributed by atoms with E-state index in [4.69, 9.17) is 0 Å². The molecule has 0 aliphatic carbocycles. The summed E-state index contributed by atoms with van der Waals surface area (Å²) in [5.74, 6) is -0.0177. The third-order valence-electron chi connectivity index (χ3n) is 4.91. The molecule has 0 aromatic heterocycles. The highest BCUT2D eigenvalue weighted by atomic mass is 32.2. The predicted molar refractivity (Wildman–Crippen MR) is 92.5 cm³/mol. The molecule has 0 spiro atoms. The van der Waals surface area contributed by atoms with Gasteiger partial charge in [0.2, 0.25) is 10.0 Å². The lowest BCUT2D eigenvalue weighted by molar-refractivity contribution is 0.0643. The Labute approximate surface area is 144 Å². The first kappa shape index (κ1) is 17.4. The quantitative estimate of drug-likeness (QED) is 0.819. The van der Waals surface area contributed by atoms with E-state index in [0.29, 0.717) is 18.7 Å². The minimum Gasteiger partial charge on any atom is -0.336 e. The van der Waals surface area contributed by atoms with Gasteiger partial charge in [0.1, 0.15) is 0 Å². The standard InChI is InChI=1S/C17H25N3O3S/c1-2-18-11-13-19(14-12-18)17(21)15-5-7-16(8-6-15)24(22,23)20-9-3-4-10-20/h5-8H,2-4,9-14H2,1H3. The summed E-state index contributed by atoms with van der Waals surface area (Å²) < 4.78 is 26.5. The number of carbonyl (C=O) groups is 1. The van der Waals surface area contributed by atoms with Crippen molar-refractivity contribution < 1.29 is 13.2 Å². The Balaban J connectivity index is 1.69. The van der Waals surface area contributed by atoms with E-state index in [2.05, 4.69) is 11.8 Å². The molecule has 7 heteroatoms. The van der Waals surface area contributed by atoms with Gasteiger partial charge in [-0.05, 0) is 43.7 Å². The molecule has 1 aromatic rings. The second-order valence-corrected chi connectivity index (χ2v) is 8.30. The molecular weight excluding hydrogens is 326 g/mol. The molecule has 2 aliphatic rings. The number of carbonyl (C=O) groups excluding carboxylic acids is 1. The highest BCUT2D eigenvalue weighted by Gasteiger charge is 2.27. The fourth-order valence-electron chi connectivity index (χ4n) is 3.30. The fourth-order valence-corrected chi connectivity index (χ4v) is 4.81. The highest BCUT2D eigenvalue weighted by molar-refractivity contribution is 7.89. The first-order valence-corrected chi connectivity index (χ1v) is 10.1. The maximum atomic E-state index is 12.6. The van der Waals surface area contributed by atoms with Gasteiger partial charge in [-0.2, -0.15) is 4.31 Å². The van der Waals surface area contributed by atoms with Crippen LogP contribution in [0.1, 0.15) is 30.1 Å². The average molecular weight is 351 g/mol. The lowest BCUT2D eigenvalue weighted by Gasteiger charge is -2.34. The van der Waals surface area contributed by atoms with Crippen molar-refractivity contribution in [2.75, 3.05) is 45.8 Å². The molecule has 0 atom stereocenters. The van der Waals surface area contributed by atoms with E-state index < -0.39 is 10.0 Å². The van der Waals surface area contributed by atoms with Crippen molar-refractivity contribution >= 4 is 15.9 Å². The summed E-state index contributed by atoms with van der Waals surface area (Å²) in [4.78, 5) is 17.0. The van der Waals surface area contributed by atoms with Gasteiger partial charge in [0.15, 0.2) is 0 Å². The van der Waals surface area contributed by atoms with Crippen LogP contribution in [0.25, 0.3) is 0 Å². The van der Waals surface area contributed by atoms with Crippen molar-refractivity contribution in [1.29, 1.82) is 0 Å². The zero-order valence-electron chi connectivity index (χ0n) is 14.1. The van der Waals surface area contributed by atoms with Crippen molar-refractivity contribution in [2.24, 2.45) is 0 Å². The number of sulfonamides is 1. The third-order valence-corrected chi connectivity index (χ3v) is 6.82. The second kappa shape index (κ2) is 7.21. The van der Waals surface area contributed by atoms with Crippen LogP contribution in [-0.4, -0.2) is 74.2 Å². The zero-order chi connectivity index (χ0) is 17.2. The number of hydrogen-bond acceptors (Lipinski definition) is 4. The van der Waals surface area contributed by atoms with Gasteiger partial charge in [-0.25, -0.2) is 8.42 Å². The summed E-state index contributed by atoms with van der Waals surface area (Å²) in [6.45, 7) is 7.53. The number of amides is 1. The van der Waals surface area contributed by atoms with Gasteiger partial charge < -0.3 is 9.80 Å². The van der Waals surface area contributed by atoms with Gasteiger partial charge >= 0.3 is 0 Å². The number of rotatable bonds is 4. The van der Waals surface area contributed by atoms with Crippen molar-refractivity contribution in [1.82, 2.24) is 14.1 Å². The Hall–Kier alpha value is -1.44. The Morgan fingerprint density at radius 3 is 2.08 bits per heavy atom. The monoisotopic (exact) mass is 351 g/mol. The van der Waals surface area contributed by atoms with Gasteiger partial charge in [0.25, 0.3) is 5.91 Å². The van der Waals surface area contributed by atoms with Gasteiger partial charge in [-0.15, -0.1) is 0 Å². The predicted octanol–water partition coefficient (Wildman–Crippen LogP) is 1.25. The molecule has 0 saturated carbocycles. The largest absolute Gasteiger partial charge is 0.336 e. The summed E-state index contributed by atoms with van der Waals surface area (Å²) in [6, 6.07) is 6.39. The number of benzene rings is 1. The third kappa shape index (κ3) is 3.48. The van der Waals surface area contributed by atoms with E-state index in [9.17, 15) is 13.2 Å². The van der Waals surface area contributed by atoms with Gasteiger partial charge in [0.05, 0.1) is 4.90 Å².